The lowest BCUT2D eigenvalue weighted by Crippen LogP contribution is -2.64. The zero-order valence-corrected chi connectivity index (χ0v) is 13.1. The van der Waals surface area contributed by atoms with E-state index in [1.807, 2.05) is 0 Å². The molecule has 21 heavy (non-hydrogen) atoms. The Bertz CT molecular complexity index is 343. The molecule has 1 aliphatic rings. The number of carbonyl (C=O) groups excluding carboxylic acids is 1. The monoisotopic (exact) mass is 305 g/mol. The molecule has 0 bridgehead atoms. The number of hydrogen-bond donors (Lipinski definition) is 4. The lowest BCUT2D eigenvalue weighted by atomic mass is 9.93. The Morgan fingerprint density at radius 2 is 1.90 bits per heavy atom. The molecule has 0 unspecified atom stereocenters. The van der Waals surface area contributed by atoms with Gasteiger partial charge in [0, 0.05) is 6.92 Å². The van der Waals surface area contributed by atoms with Gasteiger partial charge in [0.1, 0.15) is 24.4 Å². The maximum absolute atomic E-state index is 11.2. The normalized spacial score (nSPS) is 33.8. The van der Waals surface area contributed by atoms with Gasteiger partial charge < -0.3 is 30.1 Å². The standard InChI is InChI=1S/C14H27NO6/c1-8(17)15-10-12(19)11(18)9(7-16)21-13(10)20-6-5-14(2,3)4/h9-13,16,18-19H,5-7H2,1-4H3,(H,15,17)/t9-,10-,11-,12-,13+/m1/s1. The summed E-state index contributed by atoms with van der Waals surface area (Å²) in [6, 6.07) is -0.875. The molecule has 1 rings (SSSR count). The van der Waals surface area contributed by atoms with E-state index < -0.39 is 37.3 Å². The lowest BCUT2D eigenvalue weighted by molar-refractivity contribution is -0.271. The summed E-state index contributed by atoms with van der Waals surface area (Å²) in [7, 11) is 0. The van der Waals surface area contributed by atoms with E-state index in [9.17, 15) is 20.1 Å². The average Bonchev–Trinajstić information content (AvgIpc) is 2.35. The van der Waals surface area contributed by atoms with Gasteiger partial charge in [-0.15, -0.1) is 0 Å². The Kier molecular flexibility index (Phi) is 6.55. The van der Waals surface area contributed by atoms with Gasteiger partial charge in [-0.3, -0.25) is 4.79 Å². The summed E-state index contributed by atoms with van der Waals surface area (Å²) in [4.78, 5) is 11.2. The number of rotatable bonds is 5. The minimum atomic E-state index is -1.28. The van der Waals surface area contributed by atoms with Crippen LogP contribution < -0.4 is 5.32 Å². The summed E-state index contributed by atoms with van der Waals surface area (Å²) >= 11 is 0. The number of aliphatic hydroxyl groups excluding tert-OH is 3. The van der Waals surface area contributed by atoms with Gasteiger partial charge in [0.25, 0.3) is 0 Å². The number of ether oxygens (including phenoxy) is 2. The quantitative estimate of drug-likeness (QED) is 0.539. The first-order valence-corrected chi connectivity index (χ1v) is 7.17. The molecule has 0 aliphatic carbocycles. The molecule has 0 saturated carbocycles. The van der Waals surface area contributed by atoms with E-state index in [0.717, 1.165) is 6.42 Å². The van der Waals surface area contributed by atoms with Crippen LogP contribution in [0.15, 0.2) is 0 Å². The van der Waals surface area contributed by atoms with Crippen LogP contribution in [0.2, 0.25) is 0 Å². The van der Waals surface area contributed by atoms with Gasteiger partial charge in [-0.2, -0.15) is 0 Å². The Morgan fingerprint density at radius 3 is 2.38 bits per heavy atom. The van der Waals surface area contributed by atoms with E-state index >= 15 is 0 Å². The van der Waals surface area contributed by atoms with Crippen molar-refractivity contribution in [3.63, 3.8) is 0 Å². The van der Waals surface area contributed by atoms with E-state index in [2.05, 4.69) is 26.1 Å². The summed E-state index contributed by atoms with van der Waals surface area (Å²) in [6.45, 7) is 7.45. The predicted molar refractivity (Wildman–Crippen MR) is 75.4 cm³/mol. The number of hydrogen-bond acceptors (Lipinski definition) is 6. The summed E-state index contributed by atoms with van der Waals surface area (Å²) in [5.41, 5.74) is 0.0761. The maximum atomic E-state index is 11.2. The summed E-state index contributed by atoms with van der Waals surface area (Å²) in [6.07, 6.45) is -3.63. The lowest BCUT2D eigenvalue weighted by Gasteiger charge is -2.42. The minimum absolute atomic E-state index is 0.0761. The molecular weight excluding hydrogens is 278 g/mol. The Balaban J connectivity index is 2.71. The van der Waals surface area contributed by atoms with Gasteiger partial charge in [0.2, 0.25) is 5.91 Å². The van der Waals surface area contributed by atoms with Gasteiger partial charge >= 0.3 is 0 Å². The largest absolute Gasteiger partial charge is 0.394 e. The summed E-state index contributed by atoms with van der Waals surface area (Å²) < 4.78 is 11.1. The van der Waals surface area contributed by atoms with Gasteiger partial charge in [-0.25, -0.2) is 0 Å². The molecule has 5 atom stereocenters. The van der Waals surface area contributed by atoms with Crippen molar-refractivity contribution >= 4 is 5.91 Å². The molecule has 1 aliphatic heterocycles. The van der Waals surface area contributed by atoms with Crippen LogP contribution in [-0.2, 0) is 14.3 Å². The van der Waals surface area contributed by atoms with E-state index in [0.29, 0.717) is 6.61 Å². The third-order valence-corrected chi connectivity index (χ3v) is 3.38. The Morgan fingerprint density at radius 1 is 1.29 bits per heavy atom. The van der Waals surface area contributed by atoms with Crippen LogP contribution in [0.4, 0.5) is 0 Å². The van der Waals surface area contributed by atoms with Crippen LogP contribution >= 0.6 is 0 Å². The first-order chi connectivity index (χ1) is 9.65. The maximum Gasteiger partial charge on any atom is 0.217 e. The number of nitrogens with one attached hydrogen (secondary N) is 1. The van der Waals surface area contributed by atoms with Crippen molar-refractivity contribution in [3.8, 4) is 0 Å². The zero-order chi connectivity index (χ0) is 16.2. The van der Waals surface area contributed by atoms with Crippen LogP contribution in [0.25, 0.3) is 0 Å². The van der Waals surface area contributed by atoms with E-state index in [4.69, 9.17) is 9.47 Å². The zero-order valence-electron chi connectivity index (χ0n) is 13.1. The molecule has 0 aromatic rings. The number of aliphatic hydroxyl groups is 3. The molecule has 124 valence electrons. The van der Waals surface area contributed by atoms with Crippen LogP contribution in [0.5, 0.6) is 0 Å². The predicted octanol–water partition coefficient (Wildman–Crippen LogP) is -0.617. The Hall–Kier alpha value is -0.730. The molecular formula is C14H27NO6. The van der Waals surface area contributed by atoms with Crippen LogP contribution in [-0.4, -0.2) is 65.1 Å². The second kappa shape index (κ2) is 7.51. The molecule has 4 N–H and O–H groups in total. The molecule has 0 aromatic heterocycles. The highest BCUT2D eigenvalue weighted by Crippen LogP contribution is 2.24. The van der Waals surface area contributed by atoms with Gasteiger partial charge in [0.15, 0.2) is 6.29 Å². The topological polar surface area (TPSA) is 108 Å². The van der Waals surface area contributed by atoms with Crippen LogP contribution in [0, 0.1) is 5.41 Å². The fourth-order valence-corrected chi connectivity index (χ4v) is 2.09. The highest BCUT2D eigenvalue weighted by Gasteiger charge is 2.45. The second-order valence-electron chi connectivity index (χ2n) is 6.61. The molecule has 7 nitrogen and oxygen atoms in total. The average molecular weight is 305 g/mol. The van der Waals surface area contributed by atoms with E-state index in [1.54, 1.807) is 0 Å². The fraction of sp³-hybridized carbons (Fsp3) is 0.929. The third kappa shape index (κ3) is 5.52. The molecule has 1 heterocycles. The van der Waals surface area contributed by atoms with Crippen LogP contribution in [0.1, 0.15) is 34.1 Å². The number of carbonyl (C=O) groups is 1. The highest BCUT2D eigenvalue weighted by atomic mass is 16.7. The molecule has 7 heteroatoms. The minimum Gasteiger partial charge on any atom is -0.394 e. The van der Waals surface area contributed by atoms with Crippen LogP contribution in [0.3, 0.4) is 0 Å². The molecule has 1 saturated heterocycles. The van der Waals surface area contributed by atoms with Crippen molar-refractivity contribution in [1.82, 2.24) is 5.32 Å². The first-order valence-electron chi connectivity index (χ1n) is 7.17. The second-order valence-corrected chi connectivity index (χ2v) is 6.61. The first kappa shape index (κ1) is 18.3. The van der Waals surface area contributed by atoms with Gasteiger partial charge in [0.05, 0.1) is 13.2 Å². The van der Waals surface area contributed by atoms with Crippen molar-refractivity contribution < 1.29 is 29.6 Å². The highest BCUT2D eigenvalue weighted by molar-refractivity contribution is 5.73. The van der Waals surface area contributed by atoms with E-state index in [-0.39, 0.29) is 11.3 Å². The van der Waals surface area contributed by atoms with Gasteiger partial charge in [-0.05, 0) is 11.8 Å². The smallest absolute Gasteiger partial charge is 0.217 e. The fourth-order valence-electron chi connectivity index (χ4n) is 2.09. The van der Waals surface area contributed by atoms with Gasteiger partial charge in [-0.1, -0.05) is 20.8 Å². The molecule has 1 fully saturated rings. The molecule has 0 radical (unpaired) electrons. The molecule has 1 amide bonds. The SMILES string of the molecule is CC(=O)N[C@H]1[C@@H](OCCC(C)(C)C)O[C@H](CO)[C@@H](O)[C@@H]1O. The third-order valence-electron chi connectivity index (χ3n) is 3.38. The van der Waals surface area contributed by atoms with Crippen molar-refractivity contribution in [2.75, 3.05) is 13.2 Å². The molecule has 0 spiro atoms. The van der Waals surface area contributed by atoms with E-state index in [1.165, 1.54) is 6.92 Å². The summed E-state index contributed by atoms with van der Waals surface area (Å²) in [5.74, 6) is -0.360. The Labute approximate surface area is 125 Å². The molecule has 0 aromatic carbocycles. The van der Waals surface area contributed by atoms with Crippen molar-refractivity contribution in [2.45, 2.75) is 64.8 Å². The number of amides is 1. The summed E-state index contributed by atoms with van der Waals surface area (Å²) in [5, 5.41) is 31.6. The van der Waals surface area contributed by atoms with Crippen molar-refractivity contribution in [1.29, 1.82) is 0 Å². The van der Waals surface area contributed by atoms with Crippen molar-refractivity contribution in [2.24, 2.45) is 5.41 Å². The van der Waals surface area contributed by atoms with Crippen molar-refractivity contribution in [3.05, 3.63) is 0 Å².